The number of aliphatic imine (C=N–C) groups is 1. The summed E-state index contributed by atoms with van der Waals surface area (Å²) in [7, 11) is 0. The number of furan rings is 1. The van der Waals surface area contributed by atoms with Crippen LogP contribution in [-0.4, -0.2) is 5.84 Å². The summed E-state index contributed by atoms with van der Waals surface area (Å²) in [5, 5.41) is 10.7. The molecule has 0 spiro atoms. The predicted molar refractivity (Wildman–Crippen MR) is 221 cm³/mol. The van der Waals surface area contributed by atoms with Gasteiger partial charge in [0.15, 0.2) is 0 Å². The second kappa shape index (κ2) is 12.7. The molecule has 0 amide bonds. The molecule has 1 unspecified atom stereocenters. The molecule has 0 radical (unpaired) electrons. The molecule has 3 nitrogen and oxygen atoms in total. The van der Waals surface area contributed by atoms with E-state index < -0.39 is 0 Å². The van der Waals surface area contributed by atoms with Gasteiger partial charge in [0.2, 0.25) is 0 Å². The lowest BCUT2D eigenvalue weighted by Crippen LogP contribution is -2.23. The topological polar surface area (TPSA) is 37.5 Å². The third-order valence-corrected chi connectivity index (χ3v) is 10.5. The molecule has 0 saturated carbocycles. The van der Waals surface area contributed by atoms with E-state index in [4.69, 9.17) is 9.41 Å². The van der Waals surface area contributed by atoms with Crippen LogP contribution in [0.1, 0.15) is 29.7 Å². The predicted octanol–water partition coefficient (Wildman–Crippen LogP) is 12.9. The first-order chi connectivity index (χ1) is 26.2. The molecule has 0 aliphatic carbocycles. The minimum absolute atomic E-state index is 0.267. The van der Waals surface area contributed by atoms with E-state index in [1.807, 2.05) is 12.1 Å². The second-order valence-electron chi connectivity index (χ2n) is 13.7. The molecule has 8 aromatic carbocycles. The van der Waals surface area contributed by atoms with Gasteiger partial charge in [0, 0.05) is 27.5 Å². The lowest BCUT2D eigenvalue weighted by Gasteiger charge is -2.18. The molecule has 0 bridgehead atoms. The number of nitrogens with one attached hydrogen (secondary N) is 1. The maximum atomic E-state index is 6.77. The van der Waals surface area contributed by atoms with Gasteiger partial charge in [0.05, 0.1) is 5.70 Å². The monoisotopic (exact) mass is 678 g/mol. The lowest BCUT2D eigenvalue weighted by molar-refractivity contribution is 0.670. The highest BCUT2D eigenvalue weighted by Gasteiger charge is 2.25. The van der Waals surface area contributed by atoms with Crippen molar-refractivity contribution in [2.45, 2.75) is 13.0 Å². The first-order valence-corrected chi connectivity index (χ1v) is 18.1. The van der Waals surface area contributed by atoms with E-state index in [9.17, 15) is 0 Å². The second-order valence-corrected chi connectivity index (χ2v) is 13.7. The maximum Gasteiger partial charge on any atom is 0.143 e. The molecule has 1 aliphatic heterocycles. The number of rotatable bonds is 5. The molecule has 3 heteroatoms. The van der Waals surface area contributed by atoms with E-state index in [0.717, 1.165) is 66.9 Å². The summed E-state index contributed by atoms with van der Waals surface area (Å²) in [6, 6.07) is 61.7. The number of hydrogen-bond donors (Lipinski definition) is 1. The standard InChI is InChI=1S/C50H34N2O/c1-32-31-45(43-30-29-42(39-25-14-20-34-17-8-9-21-36(34)39)49-47(43)44-24-12-13-26-46(44)53-49)51-50(35-18-6-3-7-19-35)52-48(32)41-28-27-37(33-15-4-2-5-16-33)38-22-10-11-23-40(38)41/h2-30,48H,1H3,(H,51,52). The smallest absolute Gasteiger partial charge is 0.143 e. The quantitative estimate of drug-likeness (QED) is 0.184. The van der Waals surface area contributed by atoms with E-state index in [0.29, 0.717) is 0 Å². The van der Waals surface area contributed by atoms with E-state index in [1.165, 1.54) is 32.7 Å². The fraction of sp³-hybridized carbons (Fsp3) is 0.0400. The van der Waals surface area contributed by atoms with Crippen molar-refractivity contribution in [1.29, 1.82) is 0 Å². The fourth-order valence-electron chi connectivity index (χ4n) is 7.99. The Morgan fingerprint density at radius 1 is 0.509 bits per heavy atom. The Morgan fingerprint density at radius 3 is 1.94 bits per heavy atom. The number of benzene rings is 8. The van der Waals surface area contributed by atoms with Crippen molar-refractivity contribution in [3.63, 3.8) is 0 Å². The Kier molecular flexibility index (Phi) is 7.39. The molecule has 1 aliphatic rings. The Balaban J connectivity index is 1.22. The summed E-state index contributed by atoms with van der Waals surface area (Å²) >= 11 is 0. The van der Waals surface area contributed by atoms with Gasteiger partial charge in [-0.25, -0.2) is 0 Å². The van der Waals surface area contributed by atoms with Gasteiger partial charge in [-0.1, -0.05) is 170 Å². The van der Waals surface area contributed by atoms with Crippen molar-refractivity contribution < 1.29 is 4.42 Å². The summed E-state index contributed by atoms with van der Waals surface area (Å²) < 4.78 is 6.77. The molecule has 1 aromatic heterocycles. The van der Waals surface area contributed by atoms with E-state index in [-0.39, 0.29) is 6.04 Å². The van der Waals surface area contributed by atoms with Crippen molar-refractivity contribution in [3.8, 4) is 22.3 Å². The molecule has 10 rings (SSSR count). The van der Waals surface area contributed by atoms with Gasteiger partial charge in [-0.3, -0.25) is 4.99 Å². The van der Waals surface area contributed by atoms with Crippen LogP contribution in [-0.2, 0) is 0 Å². The van der Waals surface area contributed by atoms with Crippen LogP contribution in [0.5, 0.6) is 0 Å². The minimum atomic E-state index is -0.267. The van der Waals surface area contributed by atoms with Crippen LogP contribution in [0, 0.1) is 0 Å². The number of hydrogen-bond acceptors (Lipinski definition) is 3. The summed E-state index contributed by atoms with van der Waals surface area (Å²) in [5.41, 5.74) is 15.2. The first-order valence-electron chi connectivity index (χ1n) is 18.1. The largest absolute Gasteiger partial charge is 0.455 e. The van der Waals surface area contributed by atoms with Gasteiger partial charge in [-0.15, -0.1) is 0 Å². The summed E-state index contributed by atoms with van der Waals surface area (Å²) in [6.07, 6.45) is 0. The molecule has 0 saturated heterocycles. The van der Waals surface area contributed by atoms with Crippen molar-refractivity contribution in [1.82, 2.24) is 5.32 Å². The Labute approximate surface area is 307 Å². The average Bonchev–Trinajstić information content (AvgIpc) is 3.53. The highest BCUT2D eigenvalue weighted by molar-refractivity contribution is 6.17. The van der Waals surface area contributed by atoms with Crippen LogP contribution < -0.4 is 5.32 Å². The van der Waals surface area contributed by atoms with Crippen LogP contribution in [0.2, 0.25) is 0 Å². The van der Waals surface area contributed by atoms with Crippen LogP contribution in [0.3, 0.4) is 0 Å². The highest BCUT2D eigenvalue weighted by Crippen LogP contribution is 2.43. The average molecular weight is 679 g/mol. The lowest BCUT2D eigenvalue weighted by atomic mass is 9.90. The number of nitrogens with zero attached hydrogens (tertiary/aromatic N) is 1. The zero-order chi connectivity index (χ0) is 35.3. The summed E-state index contributed by atoms with van der Waals surface area (Å²) in [5.74, 6) is 0.797. The Bertz CT molecular complexity index is 2960. The molecule has 0 fully saturated rings. The molecule has 9 aromatic rings. The zero-order valence-electron chi connectivity index (χ0n) is 29.2. The summed E-state index contributed by atoms with van der Waals surface area (Å²) in [4.78, 5) is 5.52. The minimum Gasteiger partial charge on any atom is -0.455 e. The highest BCUT2D eigenvalue weighted by atomic mass is 16.3. The van der Waals surface area contributed by atoms with Gasteiger partial charge >= 0.3 is 0 Å². The van der Waals surface area contributed by atoms with Crippen molar-refractivity contribution in [2.75, 3.05) is 0 Å². The van der Waals surface area contributed by atoms with Crippen LogP contribution >= 0.6 is 0 Å². The van der Waals surface area contributed by atoms with Crippen LogP contribution in [0.25, 0.3) is 71.4 Å². The van der Waals surface area contributed by atoms with E-state index in [2.05, 4.69) is 182 Å². The van der Waals surface area contributed by atoms with Crippen molar-refractivity contribution in [3.05, 3.63) is 204 Å². The molecule has 1 atom stereocenters. The SMILES string of the molecule is CC1=C=C(c2ccc(-c3cccc4ccccc34)c3oc4ccccc4c23)NC(c2ccccc2)=NC1c1ccc(-c2ccccc2)c2ccccc12. The molecular formula is C50H34N2O. The Morgan fingerprint density at radius 2 is 1.13 bits per heavy atom. The normalized spacial score (nSPS) is 14.5. The Hall–Kier alpha value is -6.93. The first kappa shape index (κ1) is 30.9. The van der Waals surface area contributed by atoms with E-state index in [1.54, 1.807) is 0 Å². The van der Waals surface area contributed by atoms with Gasteiger partial charge in [0.25, 0.3) is 0 Å². The molecule has 53 heavy (non-hydrogen) atoms. The third-order valence-electron chi connectivity index (χ3n) is 10.5. The zero-order valence-corrected chi connectivity index (χ0v) is 29.2. The maximum absolute atomic E-state index is 6.77. The number of amidine groups is 1. The fourth-order valence-corrected chi connectivity index (χ4v) is 7.99. The van der Waals surface area contributed by atoms with Crippen molar-refractivity contribution >= 4 is 55.0 Å². The van der Waals surface area contributed by atoms with Gasteiger partial charge in [-0.05, 0) is 68.4 Å². The third kappa shape index (κ3) is 5.26. The van der Waals surface area contributed by atoms with Gasteiger partial charge in [0.1, 0.15) is 23.0 Å². The molecular weight excluding hydrogens is 645 g/mol. The van der Waals surface area contributed by atoms with Gasteiger partial charge in [-0.2, -0.15) is 0 Å². The number of fused-ring (bicyclic) bond motifs is 5. The number of para-hydroxylation sites is 1. The van der Waals surface area contributed by atoms with Crippen LogP contribution in [0.4, 0.5) is 0 Å². The molecule has 2 heterocycles. The van der Waals surface area contributed by atoms with Gasteiger partial charge < -0.3 is 9.73 Å². The van der Waals surface area contributed by atoms with Crippen LogP contribution in [0.15, 0.2) is 197 Å². The van der Waals surface area contributed by atoms with E-state index >= 15 is 0 Å². The summed E-state index contributed by atoms with van der Waals surface area (Å²) in [6.45, 7) is 2.15. The van der Waals surface area contributed by atoms with Crippen molar-refractivity contribution in [2.24, 2.45) is 4.99 Å². The molecule has 1 N–H and O–H groups in total. The molecule has 250 valence electrons.